The molecule has 2 rings (SSSR count). The van der Waals surface area contributed by atoms with Crippen LogP contribution in [0.5, 0.6) is 0 Å². The molecule has 1 aromatic rings. The predicted octanol–water partition coefficient (Wildman–Crippen LogP) is 2.69. The Morgan fingerprint density at radius 1 is 1.10 bits per heavy atom. The Labute approximate surface area is 124 Å². The van der Waals surface area contributed by atoms with Crippen molar-refractivity contribution in [3.63, 3.8) is 0 Å². The fourth-order valence-electron chi connectivity index (χ4n) is 2.82. The summed E-state index contributed by atoms with van der Waals surface area (Å²) in [6.07, 6.45) is 0.728. The van der Waals surface area contributed by atoms with Gasteiger partial charge in [-0.05, 0) is 38.3 Å². The summed E-state index contributed by atoms with van der Waals surface area (Å²) in [5, 5.41) is 2.32. The lowest BCUT2D eigenvalue weighted by molar-refractivity contribution is -0.143. The second-order valence-corrected chi connectivity index (χ2v) is 5.48. The van der Waals surface area contributed by atoms with E-state index < -0.39 is 23.3 Å². The first-order valence-electron chi connectivity index (χ1n) is 7.14. The maximum absolute atomic E-state index is 12.8. The highest BCUT2D eigenvalue weighted by Gasteiger charge is 2.52. The van der Waals surface area contributed by atoms with Crippen LogP contribution in [0.4, 0.5) is 10.5 Å². The van der Waals surface area contributed by atoms with E-state index >= 15 is 0 Å². The minimum atomic E-state index is -1.16. The number of carbonyl (C=O) groups excluding carboxylic acids is 3. The van der Waals surface area contributed by atoms with E-state index in [-0.39, 0.29) is 0 Å². The van der Waals surface area contributed by atoms with Gasteiger partial charge >= 0.3 is 6.03 Å². The molecular formula is C16H20N2O3. The van der Waals surface area contributed by atoms with E-state index in [0.29, 0.717) is 18.5 Å². The number of carbonyl (C=O) groups is 3. The van der Waals surface area contributed by atoms with E-state index in [0.717, 1.165) is 16.0 Å². The molecule has 1 saturated heterocycles. The third-order valence-corrected chi connectivity index (χ3v) is 4.27. The molecule has 5 heteroatoms. The lowest BCUT2D eigenvalue weighted by atomic mass is 9.78. The molecule has 1 aliphatic rings. The van der Waals surface area contributed by atoms with Crippen molar-refractivity contribution < 1.29 is 14.4 Å². The Hall–Kier alpha value is -2.17. The molecular weight excluding hydrogens is 268 g/mol. The van der Waals surface area contributed by atoms with Crippen molar-refractivity contribution in [1.29, 1.82) is 0 Å². The molecule has 21 heavy (non-hydrogen) atoms. The number of hydrogen-bond donors (Lipinski definition) is 1. The summed E-state index contributed by atoms with van der Waals surface area (Å²) in [6.45, 7) is 7.37. The standard InChI is InChI=1S/C16H20N2O3/c1-5-16(6-2)13(19)17-15(21)18(14(16)20)12-8-7-10(3)9-11(12)4/h7-9H,5-6H2,1-4H3,(H,17,19,21). The first kappa shape index (κ1) is 15.2. The van der Waals surface area contributed by atoms with Crippen LogP contribution >= 0.6 is 0 Å². The zero-order chi connectivity index (χ0) is 15.8. The van der Waals surface area contributed by atoms with Crippen LogP contribution in [0, 0.1) is 19.3 Å². The van der Waals surface area contributed by atoms with Crippen LogP contribution in [-0.4, -0.2) is 17.8 Å². The van der Waals surface area contributed by atoms with Gasteiger partial charge in [0.05, 0.1) is 5.69 Å². The molecule has 0 radical (unpaired) electrons. The van der Waals surface area contributed by atoms with E-state index in [1.54, 1.807) is 19.9 Å². The van der Waals surface area contributed by atoms with E-state index in [2.05, 4.69) is 5.32 Å². The number of benzene rings is 1. The summed E-state index contributed by atoms with van der Waals surface area (Å²) in [6, 6.07) is 4.83. The Balaban J connectivity index is 2.54. The van der Waals surface area contributed by atoms with Crippen molar-refractivity contribution in [2.45, 2.75) is 40.5 Å². The number of nitrogens with zero attached hydrogens (tertiary/aromatic N) is 1. The normalized spacial score (nSPS) is 17.9. The molecule has 0 spiro atoms. The second-order valence-electron chi connectivity index (χ2n) is 5.48. The summed E-state index contributed by atoms with van der Waals surface area (Å²) in [5.41, 5.74) is 1.25. The lowest BCUT2D eigenvalue weighted by Crippen LogP contribution is -2.64. The largest absolute Gasteiger partial charge is 0.335 e. The fraction of sp³-hybridized carbons (Fsp3) is 0.438. The molecule has 4 amide bonds. The van der Waals surface area contributed by atoms with Gasteiger partial charge in [0.15, 0.2) is 0 Å². The van der Waals surface area contributed by atoms with Crippen LogP contribution in [-0.2, 0) is 9.59 Å². The van der Waals surface area contributed by atoms with E-state index in [4.69, 9.17) is 0 Å². The van der Waals surface area contributed by atoms with Crippen molar-refractivity contribution in [2.75, 3.05) is 4.90 Å². The number of rotatable bonds is 3. The molecule has 1 fully saturated rings. The highest BCUT2D eigenvalue weighted by molar-refractivity contribution is 6.30. The van der Waals surface area contributed by atoms with E-state index in [9.17, 15) is 14.4 Å². The number of hydrogen-bond acceptors (Lipinski definition) is 3. The Morgan fingerprint density at radius 2 is 1.71 bits per heavy atom. The SMILES string of the molecule is CCC1(CC)C(=O)NC(=O)N(c2ccc(C)cc2C)C1=O. The summed E-state index contributed by atoms with van der Waals surface area (Å²) in [5.74, 6) is -0.934. The molecule has 1 heterocycles. The number of aryl methyl sites for hydroxylation is 2. The third-order valence-electron chi connectivity index (χ3n) is 4.27. The first-order valence-corrected chi connectivity index (χ1v) is 7.14. The van der Waals surface area contributed by atoms with Crippen molar-refractivity contribution in [3.8, 4) is 0 Å². The second kappa shape index (κ2) is 5.31. The minimum Gasteiger partial charge on any atom is -0.276 e. The fourth-order valence-corrected chi connectivity index (χ4v) is 2.82. The monoisotopic (exact) mass is 288 g/mol. The predicted molar refractivity (Wildman–Crippen MR) is 80.0 cm³/mol. The molecule has 1 aliphatic heterocycles. The number of anilines is 1. The quantitative estimate of drug-likeness (QED) is 0.870. The van der Waals surface area contributed by atoms with Crippen molar-refractivity contribution in [3.05, 3.63) is 29.3 Å². The van der Waals surface area contributed by atoms with Gasteiger partial charge in [0.2, 0.25) is 5.91 Å². The number of imide groups is 2. The first-order chi connectivity index (χ1) is 9.87. The number of nitrogens with one attached hydrogen (secondary N) is 1. The summed E-state index contributed by atoms with van der Waals surface area (Å²) in [4.78, 5) is 38.2. The van der Waals surface area contributed by atoms with Crippen molar-refractivity contribution in [2.24, 2.45) is 5.41 Å². The highest BCUT2D eigenvalue weighted by Crippen LogP contribution is 2.35. The average molecular weight is 288 g/mol. The zero-order valence-electron chi connectivity index (χ0n) is 12.8. The summed E-state index contributed by atoms with van der Waals surface area (Å²) < 4.78 is 0. The molecule has 112 valence electrons. The van der Waals surface area contributed by atoms with Gasteiger partial charge in [-0.2, -0.15) is 0 Å². The number of barbiturate groups is 1. The topological polar surface area (TPSA) is 66.5 Å². The smallest absolute Gasteiger partial charge is 0.276 e. The third kappa shape index (κ3) is 2.22. The van der Waals surface area contributed by atoms with Crippen molar-refractivity contribution >= 4 is 23.5 Å². The summed E-state index contributed by atoms with van der Waals surface area (Å²) in [7, 11) is 0. The van der Waals surface area contributed by atoms with E-state index in [1.165, 1.54) is 0 Å². The van der Waals surface area contributed by atoms with Crippen LogP contribution in [0.2, 0.25) is 0 Å². The van der Waals surface area contributed by atoms with Crippen LogP contribution in [0.3, 0.4) is 0 Å². The van der Waals surface area contributed by atoms with Crippen LogP contribution in [0.25, 0.3) is 0 Å². The average Bonchev–Trinajstić information content (AvgIpc) is 2.42. The Bertz CT molecular complexity index is 618. The number of urea groups is 1. The highest BCUT2D eigenvalue weighted by atomic mass is 16.2. The maximum Gasteiger partial charge on any atom is 0.335 e. The lowest BCUT2D eigenvalue weighted by Gasteiger charge is -2.38. The molecule has 0 saturated carbocycles. The Kier molecular flexibility index (Phi) is 3.85. The van der Waals surface area contributed by atoms with Gasteiger partial charge in [0, 0.05) is 0 Å². The van der Waals surface area contributed by atoms with Gasteiger partial charge in [-0.25, -0.2) is 9.69 Å². The van der Waals surface area contributed by atoms with E-state index in [1.807, 2.05) is 26.0 Å². The molecule has 5 nitrogen and oxygen atoms in total. The molecule has 0 bridgehead atoms. The van der Waals surface area contributed by atoms with Gasteiger partial charge in [-0.1, -0.05) is 31.5 Å². The molecule has 1 N–H and O–H groups in total. The molecule has 0 unspecified atom stereocenters. The van der Waals surface area contributed by atoms with Gasteiger partial charge in [-0.15, -0.1) is 0 Å². The minimum absolute atomic E-state index is 0.364. The van der Waals surface area contributed by atoms with Crippen LogP contribution in [0.1, 0.15) is 37.8 Å². The maximum atomic E-state index is 12.8. The molecule has 1 aromatic carbocycles. The molecule has 0 aromatic heterocycles. The Morgan fingerprint density at radius 3 is 2.24 bits per heavy atom. The van der Waals surface area contributed by atoms with Crippen LogP contribution < -0.4 is 10.2 Å². The molecule has 0 atom stereocenters. The number of amides is 4. The van der Waals surface area contributed by atoms with Gasteiger partial charge in [0.1, 0.15) is 5.41 Å². The van der Waals surface area contributed by atoms with Crippen molar-refractivity contribution in [1.82, 2.24) is 5.32 Å². The summed E-state index contributed by atoms with van der Waals surface area (Å²) >= 11 is 0. The van der Waals surface area contributed by atoms with Crippen LogP contribution in [0.15, 0.2) is 18.2 Å². The van der Waals surface area contributed by atoms with Gasteiger partial charge in [-0.3, -0.25) is 14.9 Å². The zero-order valence-corrected chi connectivity index (χ0v) is 12.8. The van der Waals surface area contributed by atoms with Gasteiger partial charge < -0.3 is 0 Å². The molecule has 0 aliphatic carbocycles. The van der Waals surface area contributed by atoms with Gasteiger partial charge in [0.25, 0.3) is 5.91 Å².